The third-order valence-corrected chi connectivity index (χ3v) is 4.94. The van der Waals surface area contributed by atoms with E-state index in [1.54, 1.807) is 0 Å². The van der Waals surface area contributed by atoms with Crippen molar-refractivity contribution in [3.05, 3.63) is 29.6 Å². The summed E-state index contributed by atoms with van der Waals surface area (Å²) >= 11 is 0. The van der Waals surface area contributed by atoms with Gasteiger partial charge in [0.2, 0.25) is 10.0 Å². The maximum absolute atomic E-state index is 13.3. The first-order chi connectivity index (χ1) is 9.30. The van der Waals surface area contributed by atoms with E-state index in [9.17, 15) is 12.8 Å². The second-order valence-electron chi connectivity index (χ2n) is 5.23. The lowest BCUT2D eigenvalue weighted by Gasteiger charge is -2.18. The number of benzene rings is 1. The van der Waals surface area contributed by atoms with Crippen LogP contribution >= 0.6 is 0 Å². The minimum Gasteiger partial charge on any atom is -0.326 e. The smallest absolute Gasteiger partial charge is 0.240 e. The Kier molecular flexibility index (Phi) is 6.10. The Morgan fingerprint density at radius 2 is 2.00 bits per heavy atom. The van der Waals surface area contributed by atoms with E-state index in [-0.39, 0.29) is 23.0 Å². The standard InChI is InChI=1S/C14H23FN2O2S/c1-4-10(2)7-11(3)17-20(18,19)13-5-6-14(15)12(8-13)9-16/h5-6,8,10-11,17H,4,7,9,16H2,1-3H3. The lowest BCUT2D eigenvalue weighted by atomic mass is 10.0. The van der Waals surface area contributed by atoms with Crippen molar-refractivity contribution in [2.75, 3.05) is 0 Å². The average molecular weight is 302 g/mol. The molecule has 2 unspecified atom stereocenters. The molecule has 0 radical (unpaired) electrons. The Bertz CT molecular complexity index is 546. The molecule has 0 aliphatic rings. The normalized spacial score (nSPS) is 15.1. The molecule has 0 saturated heterocycles. The summed E-state index contributed by atoms with van der Waals surface area (Å²) in [6, 6.07) is 3.51. The minimum atomic E-state index is -3.63. The number of halogens is 1. The molecule has 4 nitrogen and oxygen atoms in total. The molecule has 1 rings (SSSR count). The molecule has 0 aliphatic heterocycles. The minimum absolute atomic E-state index is 0.0301. The molecule has 3 N–H and O–H groups in total. The molecule has 0 heterocycles. The van der Waals surface area contributed by atoms with Crippen LogP contribution in [0.5, 0.6) is 0 Å². The van der Waals surface area contributed by atoms with E-state index in [1.165, 1.54) is 12.1 Å². The summed E-state index contributed by atoms with van der Waals surface area (Å²) in [6.45, 7) is 5.95. The highest BCUT2D eigenvalue weighted by atomic mass is 32.2. The molecule has 0 amide bonds. The van der Waals surface area contributed by atoms with E-state index < -0.39 is 15.8 Å². The zero-order chi connectivity index (χ0) is 15.3. The van der Waals surface area contributed by atoms with Gasteiger partial charge in [0.05, 0.1) is 4.90 Å². The highest BCUT2D eigenvalue weighted by molar-refractivity contribution is 7.89. The van der Waals surface area contributed by atoms with Crippen molar-refractivity contribution in [2.45, 2.75) is 51.1 Å². The zero-order valence-electron chi connectivity index (χ0n) is 12.2. The summed E-state index contributed by atoms with van der Waals surface area (Å²) in [4.78, 5) is 0.0513. The van der Waals surface area contributed by atoms with Crippen molar-refractivity contribution in [3.8, 4) is 0 Å². The van der Waals surface area contributed by atoms with Gasteiger partial charge in [-0.3, -0.25) is 0 Å². The topological polar surface area (TPSA) is 72.2 Å². The Morgan fingerprint density at radius 3 is 2.55 bits per heavy atom. The molecule has 1 aromatic carbocycles. The lowest BCUT2D eigenvalue weighted by molar-refractivity contribution is 0.445. The van der Waals surface area contributed by atoms with E-state index >= 15 is 0 Å². The van der Waals surface area contributed by atoms with E-state index in [1.807, 2.05) is 6.92 Å². The van der Waals surface area contributed by atoms with Crippen molar-refractivity contribution < 1.29 is 12.8 Å². The van der Waals surface area contributed by atoms with Gasteiger partial charge >= 0.3 is 0 Å². The molecule has 0 aliphatic carbocycles. The van der Waals surface area contributed by atoms with Crippen LogP contribution in [0.4, 0.5) is 4.39 Å². The first-order valence-electron chi connectivity index (χ1n) is 6.81. The average Bonchev–Trinajstić information content (AvgIpc) is 2.37. The van der Waals surface area contributed by atoms with Crippen molar-refractivity contribution in [1.29, 1.82) is 0 Å². The van der Waals surface area contributed by atoms with Gasteiger partial charge in [-0.2, -0.15) is 0 Å². The highest BCUT2D eigenvalue weighted by Crippen LogP contribution is 2.17. The quantitative estimate of drug-likeness (QED) is 0.812. The number of hydrogen-bond donors (Lipinski definition) is 2. The summed E-state index contributed by atoms with van der Waals surface area (Å²) in [5, 5.41) is 0. The second kappa shape index (κ2) is 7.15. The van der Waals surface area contributed by atoms with Gasteiger partial charge in [-0.15, -0.1) is 0 Å². The summed E-state index contributed by atoms with van der Waals surface area (Å²) in [6.07, 6.45) is 1.76. The van der Waals surface area contributed by atoms with Gasteiger partial charge in [0.25, 0.3) is 0 Å². The molecule has 2 atom stereocenters. The fraction of sp³-hybridized carbons (Fsp3) is 0.571. The van der Waals surface area contributed by atoms with Crippen molar-refractivity contribution >= 4 is 10.0 Å². The largest absolute Gasteiger partial charge is 0.326 e. The van der Waals surface area contributed by atoms with Gasteiger partial charge < -0.3 is 5.73 Å². The van der Waals surface area contributed by atoms with Crippen molar-refractivity contribution in [2.24, 2.45) is 11.7 Å². The second-order valence-corrected chi connectivity index (χ2v) is 6.94. The van der Waals surface area contributed by atoms with Crippen LogP contribution in [0.3, 0.4) is 0 Å². The fourth-order valence-corrected chi connectivity index (χ4v) is 3.33. The molecule has 0 spiro atoms. The maximum atomic E-state index is 13.3. The SMILES string of the molecule is CCC(C)CC(C)NS(=O)(=O)c1ccc(F)c(CN)c1. The van der Waals surface area contributed by atoms with E-state index in [4.69, 9.17) is 5.73 Å². The van der Waals surface area contributed by atoms with Gasteiger partial charge in [0.1, 0.15) is 5.82 Å². The molecule has 6 heteroatoms. The van der Waals surface area contributed by atoms with E-state index in [0.717, 1.165) is 18.9 Å². The Hall–Kier alpha value is -0.980. The van der Waals surface area contributed by atoms with Gasteiger partial charge in [-0.1, -0.05) is 20.3 Å². The molecule has 20 heavy (non-hydrogen) atoms. The van der Waals surface area contributed by atoms with Gasteiger partial charge in [0, 0.05) is 18.2 Å². The molecule has 0 aromatic heterocycles. The van der Waals surface area contributed by atoms with Gasteiger partial charge in [-0.05, 0) is 37.5 Å². The van der Waals surface area contributed by atoms with Crippen LogP contribution in [0.25, 0.3) is 0 Å². The summed E-state index contributed by atoms with van der Waals surface area (Å²) < 4.78 is 40.4. The first-order valence-corrected chi connectivity index (χ1v) is 8.29. The Balaban J connectivity index is 2.88. The van der Waals surface area contributed by atoms with Crippen LogP contribution in [0, 0.1) is 11.7 Å². The number of nitrogens with two attached hydrogens (primary N) is 1. The number of rotatable bonds is 7. The summed E-state index contributed by atoms with van der Waals surface area (Å²) in [5.41, 5.74) is 5.59. The van der Waals surface area contributed by atoms with Crippen LogP contribution in [0.1, 0.15) is 39.2 Å². The number of sulfonamides is 1. The summed E-state index contributed by atoms with van der Waals surface area (Å²) in [7, 11) is -3.63. The fourth-order valence-electron chi connectivity index (χ4n) is 2.03. The molecule has 0 bridgehead atoms. The third-order valence-electron chi connectivity index (χ3n) is 3.36. The predicted octanol–water partition coefficient (Wildman–Crippen LogP) is 2.39. The highest BCUT2D eigenvalue weighted by Gasteiger charge is 2.19. The molecule has 0 fully saturated rings. The number of hydrogen-bond acceptors (Lipinski definition) is 3. The van der Waals surface area contributed by atoms with Crippen LogP contribution in [-0.2, 0) is 16.6 Å². The molecular formula is C14H23FN2O2S. The van der Waals surface area contributed by atoms with Crippen LogP contribution < -0.4 is 10.5 Å². The Labute approximate surface area is 120 Å². The molecule has 0 saturated carbocycles. The molecule has 1 aromatic rings. The summed E-state index contributed by atoms with van der Waals surface area (Å²) in [5.74, 6) is -0.0420. The van der Waals surface area contributed by atoms with Crippen LogP contribution in [-0.4, -0.2) is 14.5 Å². The zero-order valence-corrected chi connectivity index (χ0v) is 13.0. The lowest BCUT2D eigenvalue weighted by Crippen LogP contribution is -2.33. The van der Waals surface area contributed by atoms with Gasteiger partial charge in [0.15, 0.2) is 0 Å². The predicted molar refractivity (Wildman–Crippen MR) is 78.1 cm³/mol. The van der Waals surface area contributed by atoms with Crippen LogP contribution in [0.2, 0.25) is 0 Å². The maximum Gasteiger partial charge on any atom is 0.240 e. The third kappa shape index (κ3) is 4.54. The van der Waals surface area contributed by atoms with Crippen molar-refractivity contribution in [3.63, 3.8) is 0 Å². The Morgan fingerprint density at radius 1 is 1.35 bits per heavy atom. The number of nitrogens with one attached hydrogen (secondary N) is 1. The van der Waals surface area contributed by atoms with Gasteiger partial charge in [-0.25, -0.2) is 17.5 Å². The molecular weight excluding hydrogens is 279 g/mol. The van der Waals surface area contributed by atoms with Crippen LogP contribution in [0.15, 0.2) is 23.1 Å². The molecule has 114 valence electrons. The van der Waals surface area contributed by atoms with E-state index in [2.05, 4.69) is 18.6 Å². The van der Waals surface area contributed by atoms with E-state index in [0.29, 0.717) is 5.92 Å². The first kappa shape index (κ1) is 17.1. The van der Waals surface area contributed by atoms with Crippen molar-refractivity contribution in [1.82, 2.24) is 4.72 Å². The monoisotopic (exact) mass is 302 g/mol.